The first kappa shape index (κ1) is 21.2. The molecule has 0 aliphatic heterocycles. The Morgan fingerprint density at radius 1 is 0.971 bits per heavy atom. The molecule has 4 bridgehead atoms. The number of fused-ring (bicyclic) bond motifs is 1. The van der Waals surface area contributed by atoms with Gasteiger partial charge in [0.1, 0.15) is 17.2 Å². The molecule has 35 heavy (non-hydrogen) atoms. The van der Waals surface area contributed by atoms with Gasteiger partial charge in [0.15, 0.2) is 0 Å². The number of nitrogens with one attached hydrogen (secondary N) is 1. The van der Waals surface area contributed by atoms with Crippen molar-refractivity contribution in [1.82, 2.24) is 14.5 Å². The van der Waals surface area contributed by atoms with Crippen LogP contribution in [0.15, 0.2) is 53.2 Å². The van der Waals surface area contributed by atoms with E-state index in [-0.39, 0.29) is 5.54 Å². The fraction of sp³-hybridized carbons (Fsp3) is 0.467. The van der Waals surface area contributed by atoms with E-state index < -0.39 is 0 Å². The van der Waals surface area contributed by atoms with Gasteiger partial charge in [-0.05, 0) is 106 Å². The Bertz CT molecular complexity index is 1330. The molecular weight excluding hydrogens is 432 g/mol. The summed E-state index contributed by atoms with van der Waals surface area (Å²) in [5.74, 6) is 4.79. The maximum Gasteiger partial charge on any atom is 0.141 e. The monoisotopic (exact) mass is 466 g/mol. The van der Waals surface area contributed by atoms with Gasteiger partial charge in [0.2, 0.25) is 0 Å². The molecule has 4 saturated carbocycles. The number of nitrogens with zero attached hydrogens (tertiary/aromatic N) is 3. The van der Waals surface area contributed by atoms with Crippen molar-refractivity contribution >= 4 is 11.5 Å². The van der Waals surface area contributed by atoms with Gasteiger partial charge in [0, 0.05) is 17.3 Å². The van der Waals surface area contributed by atoms with Crippen LogP contribution in [0.25, 0.3) is 16.8 Å². The Morgan fingerprint density at radius 3 is 2.34 bits per heavy atom. The SMILES string of the molecule is Cc1noc(C)c1-c1ccn2c(NC34CC5CC(CC(C5)C3)C4)c(CCc3ccccc3)nc2c1. The summed E-state index contributed by atoms with van der Waals surface area (Å²) >= 11 is 0. The summed E-state index contributed by atoms with van der Waals surface area (Å²) in [5.41, 5.74) is 6.91. The molecule has 3 aromatic heterocycles. The zero-order chi connectivity index (χ0) is 23.6. The third-order valence-electron chi connectivity index (χ3n) is 8.94. The second-order valence-corrected chi connectivity index (χ2v) is 11.6. The molecule has 8 rings (SSSR count). The summed E-state index contributed by atoms with van der Waals surface area (Å²) in [5, 5.41) is 8.33. The van der Waals surface area contributed by atoms with Gasteiger partial charge in [-0.2, -0.15) is 0 Å². The zero-order valence-corrected chi connectivity index (χ0v) is 20.8. The van der Waals surface area contributed by atoms with Crippen LogP contribution in [0.1, 0.15) is 61.2 Å². The molecule has 180 valence electrons. The van der Waals surface area contributed by atoms with Gasteiger partial charge in [-0.3, -0.25) is 4.40 Å². The van der Waals surface area contributed by atoms with Crippen molar-refractivity contribution in [3.63, 3.8) is 0 Å². The Labute approximate surface area is 206 Å². The van der Waals surface area contributed by atoms with Crippen LogP contribution in [-0.4, -0.2) is 20.1 Å². The lowest BCUT2D eigenvalue weighted by molar-refractivity contribution is 0.0105. The van der Waals surface area contributed by atoms with E-state index in [9.17, 15) is 0 Å². The molecule has 4 aliphatic rings. The van der Waals surface area contributed by atoms with E-state index in [4.69, 9.17) is 9.51 Å². The molecule has 1 N–H and O–H groups in total. The molecule has 0 radical (unpaired) electrons. The number of aryl methyl sites for hydroxylation is 4. The smallest absolute Gasteiger partial charge is 0.141 e. The van der Waals surface area contributed by atoms with E-state index in [0.717, 1.165) is 58.8 Å². The van der Waals surface area contributed by atoms with Crippen LogP contribution in [-0.2, 0) is 12.8 Å². The van der Waals surface area contributed by atoms with E-state index in [1.807, 2.05) is 13.8 Å². The van der Waals surface area contributed by atoms with Crippen molar-refractivity contribution in [3.8, 4) is 11.1 Å². The van der Waals surface area contributed by atoms with E-state index >= 15 is 0 Å². The average Bonchev–Trinajstić information content (AvgIpc) is 3.35. The number of anilines is 1. The second-order valence-electron chi connectivity index (χ2n) is 11.6. The molecule has 1 aromatic carbocycles. The minimum absolute atomic E-state index is 0.243. The second kappa shape index (κ2) is 7.97. The Kier molecular flexibility index (Phi) is 4.83. The van der Waals surface area contributed by atoms with Gasteiger partial charge in [-0.1, -0.05) is 35.5 Å². The largest absolute Gasteiger partial charge is 0.364 e. The lowest BCUT2D eigenvalue weighted by Gasteiger charge is -2.57. The third kappa shape index (κ3) is 3.67. The summed E-state index contributed by atoms with van der Waals surface area (Å²) < 4.78 is 7.74. The molecule has 4 aliphatic carbocycles. The third-order valence-corrected chi connectivity index (χ3v) is 8.94. The van der Waals surface area contributed by atoms with E-state index in [1.54, 1.807) is 0 Å². The zero-order valence-electron chi connectivity index (χ0n) is 20.8. The highest BCUT2D eigenvalue weighted by Gasteiger charge is 2.51. The number of aromatic nitrogens is 3. The van der Waals surface area contributed by atoms with Gasteiger partial charge < -0.3 is 9.84 Å². The Balaban J connectivity index is 1.28. The molecule has 5 nitrogen and oxygen atoms in total. The molecular formula is C30H34N4O. The van der Waals surface area contributed by atoms with Gasteiger partial charge in [0.25, 0.3) is 0 Å². The summed E-state index contributed by atoms with van der Waals surface area (Å²) in [4.78, 5) is 5.21. The predicted molar refractivity (Wildman–Crippen MR) is 139 cm³/mol. The highest BCUT2D eigenvalue weighted by Crippen LogP contribution is 2.56. The normalized spacial score (nSPS) is 27.1. The minimum atomic E-state index is 0.243. The number of hydrogen-bond acceptors (Lipinski definition) is 4. The number of pyridine rings is 1. The molecule has 0 spiro atoms. The first-order valence-electron chi connectivity index (χ1n) is 13.3. The minimum Gasteiger partial charge on any atom is -0.364 e. The molecule has 4 fully saturated rings. The molecule has 3 heterocycles. The fourth-order valence-electron chi connectivity index (χ4n) is 7.87. The van der Waals surface area contributed by atoms with E-state index in [2.05, 4.69) is 63.5 Å². The summed E-state index contributed by atoms with van der Waals surface area (Å²) in [6, 6.07) is 15.2. The highest BCUT2D eigenvalue weighted by molar-refractivity contribution is 5.72. The Morgan fingerprint density at radius 2 is 1.69 bits per heavy atom. The van der Waals surface area contributed by atoms with Crippen LogP contribution in [0, 0.1) is 31.6 Å². The maximum atomic E-state index is 5.45. The first-order chi connectivity index (χ1) is 17.1. The van der Waals surface area contributed by atoms with Gasteiger partial charge >= 0.3 is 0 Å². The number of benzene rings is 1. The average molecular weight is 467 g/mol. The molecule has 0 amide bonds. The standard InChI is InChI=1S/C30H34N4O/c1-19-28(20(2)35-33-19)25-10-11-34-27(15-25)31-26(9-8-21-6-4-3-5-7-21)29(34)32-30-16-22-12-23(17-30)14-24(13-22)18-30/h3-7,10-11,15,22-24,32H,8-9,12-14,16-18H2,1-2H3. The van der Waals surface area contributed by atoms with Gasteiger partial charge in [-0.25, -0.2) is 4.98 Å². The van der Waals surface area contributed by atoms with Crippen LogP contribution in [0.2, 0.25) is 0 Å². The van der Waals surface area contributed by atoms with Crippen molar-refractivity contribution in [1.29, 1.82) is 0 Å². The lowest BCUT2D eigenvalue weighted by Crippen LogP contribution is -2.55. The highest BCUT2D eigenvalue weighted by atomic mass is 16.5. The van der Waals surface area contributed by atoms with Crippen molar-refractivity contribution in [2.45, 2.75) is 70.8 Å². The molecule has 0 unspecified atom stereocenters. The van der Waals surface area contributed by atoms with E-state index in [0.29, 0.717) is 0 Å². The van der Waals surface area contributed by atoms with Crippen LogP contribution in [0.4, 0.5) is 5.82 Å². The lowest BCUT2D eigenvalue weighted by atomic mass is 9.53. The molecule has 5 heteroatoms. The number of hydrogen-bond donors (Lipinski definition) is 1. The molecule has 0 atom stereocenters. The van der Waals surface area contributed by atoms with Crippen LogP contribution in [0.3, 0.4) is 0 Å². The van der Waals surface area contributed by atoms with Gasteiger partial charge in [-0.15, -0.1) is 0 Å². The van der Waals surface area contributed by atoms with Crippen LogP contribution in [0.5, 0.6) is 0 Å². The van der Waals surface area contributed by atoms with E-state index in [1.165, 1.54) is 55.6 Å². The molecule has 0 saturated heterocycles. The van der Waals surface area contributed by atoms with Gasteiger partial charge in [0.05, 0.1) is 11.4 Å². The predicted octanol–water partition coefficient (Wildman–Crippen LogP) is 6.77. The Hall–Kier alpha value is -3.08. The topological polar surface area (TPSA) is 55.4 Å². The number of imidazole rings is 1. The van der Waals surface area contributed by atoms with Crippen molar-refractivity contribution in [2.24, 2.45) is 17.8 Å². The summed E-state index contributed by atoms with van der Waals surface area (Å²) in [7, 11) is 0. The fourth-order valence-corrected chi connectivity index (χ4v) is 7.87. The molecule has 4 aromatic rings. The number of rotatable bonds is 6. The van der Waals surface area contributed by atoms with Crippen molar-refractivity contribution in [2.75, 3.05) is 5.32 Å². The maximum absolute atomic E-state index is 5.45. The van der Waals surface area contributed by atoms with Crippen molar-refractivity contribution in [3.05, 3.63) is 71.4 Å². The van der Waals surface area contributed by atoms with Crippen molar-refractivity contribution < 1.29 is 4.52 Å². The van der Waals surface area contributed by atoms with Crippen LogP contribution >= 0.6 is 0 Å². The first-order valence-corrected chi connectivity index (χ1v) is 13.3. The summed E-state index contributed by atoms with van der Waals surface area (Å²) in [6.45, 7) is 3.99. The van der Waals surface area contributed by atoms with Crippen LogP contribution < -0.4 is 5.32 Å². The quantitative estimate of drug-likeness (QED) is 0.341. The summed E-state index contributed by atoms with van der Waals surface area (Å²) in [6.07, 6.45) is 12.4.